The standard InChI is InChI=1S/C25H25NO5/c1-14-11-17(12-15(2)22(14)28-4)16-7-9-19-21(13-16)31-25(26-19)18-8-10-20(27-3)24(30-6)23(18)29-5/h7-13H,1-6H3. The fourth-order valence-corrected chi connectivity index (χ4v) is 3.93. The zero-order valence-corrected chi connectivity index (χ0v) is 18.5. The first-order valence-electron chi connectivity index (χ1n) is 9.86. The molecule has 3 aromatic carbocycles. The molecule has 160 valence electrons. The van der Waals surface area contributed by atoms with Crippen LogP contribution < -0.4 is 18.9 Å². The van der Waals surface area contributed by atoms with E-state index in [1.54, 1.807) is 34.5 Å². The summed E-state index contributed by atoms with van der Waals surface area (Å²) in [7, 11) is 6.43. The van der Waals surface area contributed by atoms with Gasteiger partial charge in [-0.3, -0.25) is 0 Å². The van der Waals surface area contributed by atoms with Crippen LogP contribution in [0.15, 0.2) is 46.9 Å². The number of fused-ring (bicyclic) bond motifs is 1. The van der Waals surface area contributed by atoms with Gasteiger partial charge in [0.25, 0.3) is 0 Å². The second-order valence-electron chi connectivity index (χ2n) is 7.23. The summed E-state index contributed by atoms with van der Waals surface area (Å²) < 4.78 is 28.0. The van der Waals surface area contributed by atoms with Crippen molar-refractivity contribution in [3.05, 3.63) is 53.6 Å². The highest BCUT2D eigenvalue weighted by Crippen LogP contribution is 2.44. The van der Waals surface area contributed by atoms with Gasteiger partial charge in [0.15, 0.2) is 17.1 Å². The Hall–Kier alpha value is -3.67. The maximum Gasteiger partial charge on any atom is 0.231 e. The number of rotatable bonds is 6. The Bertz CT molecular complexity index is 1240. The van der Waals surface area contributed by atoms with Crippen LogP contribution in [0.1, 0.15) is 11.1 Å². The molecule has 4 aromatic rings. The van der Waals surface area contributed by atoms with Crippen molar-refractivity contribution < 1.29 is 23.4 Å². The summed E-state index contributed by atoms with van der Waals surface area (Å²) in [6.45, 7) is 4.09. The van der Waals surface area contributed by atoms with Crippen LogP contribution in [0.25, 0.3) is 33.7 Å². The Kier molecular flexibility index (Phi) is 5.46. The van der Waals surface area contributed by atoms with Crippen molar-refractivity contribution >= 4 is 11.1 Å². The van der Waals surface area contributed by atoms with Crippen molar-refractivity contribution in [1.82, 2.24) is 4.98 Å². The molecular formula is C25H25NO5. The number of hydrogen-bond donors (Lipinski definition) is 0. The van der Waals surface area contributed by atoms with Crippen molar-refractivity contribution in [2.24, 2.45) is 0 Å². The van der Waals surface area contributed by atoms with E-state index in [0.717, 1.165) is 33.5 Å². The maximum absolute atomic E-state index is 6.12. The zero-order chi connectivity index (χ0) is 22.1. The van der Waals surface area contributed by atoms with E-state index >= 15 is 0 Å². The van der Waals surface area contributed by atoms with Gasteiger partial charge < -0.3 is 23.4 Å². The predicted molar refractivity (Wildman–Crippen MR) is 121 cm³/mol. The highest BCUT2D eigenvalue weighted by molar-refractivity contribution is 5.84. The second kappa shape index (κ2) is 8.22. The third kappa shape index (κ3) is 3.54. The van der Waals surface area contributed by atoms with E-state index in [4.69, 9.17) is 23.4 Å². The van der Waals surface area contributed by atoms with E-state index in [0.29, 0.717) is 34.3 Å². The van der Waals surface area contributed by atoms with Crippen LogP contribution in [0.4, 0.5) is 0 Å². The number of aromatic nitrogens is 1. The van der Waals surface area contributed by atoms with Crippen LogP contribution in [0.2, 0.25) is 0 Å². The summed E-state index contributed by atoms with van der Waals surface area (Å²) in [5.41, 5.74) is 6.46. The molecule has 1 aromatic heterocycles. The normalized spacial score (nSPS) is 10.9. The lowest BCUT2D eigenvalue weighted by molar-refractivity contribution is 0.324. The fraction of sp³-hybridized carbons (Fsp3) is 0.240. The first-order chi connectivity index (χ1) is 15.0. The van der Waals surface area contributed by atoms with Crippen LogP contribution in [0, 0.1) is 13.8 Å². The van der Waals surface area contributed by atoms with Gasteiger partial charge in [-0.15, -0.1) is 0 Å². The van der Waals surface area contributed by atoms with E-state index in [1.807, 2.05) is 38.1 Å². The molecule has 6 heteroatoms. The zero-order valence-electron chi connectivity index (χ0n) is 18.5. The van der Waals surface area contributed by atoms with Gasteiger partial charge >= 0.3 is 0 Å². The summed E-state index contributed by atoms with van der Waals surface area (Å²) in [4.78, 5) is 4.66. The minimum absolute atomic E-state index is 0.451. The summed E-state index contributed by atoms with van der Waals surface area (Å²) in [5, 5.41) is 0. The van der Waals surface area contributed by atoms with E-state index in [-0.39, 0.29) is 0 Å². The average molecular weight is 419 g/mol. The van der Waals surface area contributed by atoms with Gasteiger partial charge in [-0.05, 0) is 72.5 Å². The molecule has 4 rings (SSSR count). The van der Waals surface area contributed by atoms with Crippen molar-refractivity contribution in [3.63, 3.8) is 0 Å². The molecule has 0 fully saturated rings. The molecule has 31 heavy (non-hydrogen) atoms. The minimum atomic E-state index is 0.451. The summed E-state index contributed by atoms with van der Waals surface area (Å²) in [6.07, 6.45) is 0. The van der Waals surface area contributed by atoms with Crippen LogP contribution in [0.5, 0.6) is 23.0 Å². The van der Waals surface area contributed by atoms with Crippen molar-refractivity contribution in [2.45, 2.75) is 13.8 Å². The molecule has 0 amide bonds. The van der Waals surface area contributed by atoms with Gasteiger partial charge in [0.05, 0.1) is 34.0 Å². The van der Waals surface area contributed by atoms with E-state index in [2.05, 4.69) is 17.1 Å². The highest BCUT2D eigenvalue weighted by atomic mass is 16.5. The number of ether oxygens (including phenoxy) is 4. The highest BCUT2D eigenvalue weighted by Gasteiger charge is 2.21. The Morgan fingerprint density at radius 1 is 0.677 bits per heavy atom. The largest absolute Gasteiger partial charge is 0.496 e. The van der Waals surface area contributed by atoms with Gasteiger partial charge in [-0.1, -0.05) is 6.07 Å². The van der Waals surface area contributed by atoms with Gasteiger partial charge in [0.1, 0.15) is 11.3 Å². The Labute approximate surface area is 181 Å². The molecule has 0 aliphatic rings. The van der Waals surface area contributed by atoms with E-state index < -0.39 is 0 Å². The van der Waals surface area contributed by atoms with Gasteiger partial charge in [-0.25, -0.2) is 4.98 Å². The lowest BCUT2D eigenvalue weighted by atomic mass is 9.99. The third-order valence-corrected chi connectivity index (χ3v) is 5.32. The van der Waals surface area contributed by atoms with Gasteiger partial charge in [-0.2, -0.15) is 0 Å². The SMILES string of the molecule is COc1ccc(-c2nc3ccc(-c4cc(C)c(OC)c(C)c4)cc3o2)c(OC)c1OC. The summed E-state index contributed by atoms with van der Waals surface area (Å²) in [5.74, 6) is 2.94. The number of nitrogens with zero attached hydrogens (tertiary/aromatic N) is 1. The predicted octanol–water partition coefficient (Wildman–Crippen LogP) is 5.81. The molecule has 0 bridgehead atoms. The smallest absolute Gasteiger partial charge is 0.231 e. The fourth-order valence-electron chi connectivity index (χ4n) is 3.93. The Morgan fingerprint density at radius 2 is 1.35 bits per heavy atom. The van der Waals surface area contributed by atoms with Gasteiger partial charge in [0.2, 0.25) is 11.6 Å². The molecule has 1 heterocycles. The Balaban J connectivity index is 1.81. The number of hydrogen-bond acceptors (Lipinski definition) is 6. The lowest BCUT2D eigenvalue weighted by Gasteiger charge is -2.14. The maximum atomic E-state index is 6.12. The molecule has 0 saturated carbocycles. The van der Waals surface area contributed by atoms with Crippen molar-refractivity contribution in [2.75, 3.05) is 28.4 Å². The lowest BCUT2D eigenvalue weighted by Crippen LogP contribution is -1.96. The number of methoxy groups -OCH3 is 4. The van der Waals surface area contributed by atoms with E-state index in [1.165, 1.54) is 0 Å². The summed E-state index contributed by atoms with van der Waals surface area (Å²) in [6, 6.07) is 13.9. The molecule has 0 aliphatic heterocycles. The number of benzene rings is 3. The van der Waals surface area contributed by atoms with Crippen LogP contribution in [-0.4, -0.2) is 33.4 Å². The molecule has 0 atom stereocenters. The van der Waals surface area contributed by atoms with E-state index in [9.17, 15) is 0 Å². The molecular weight excluding hydrogens is 394 g/mol. The summed E-state index contributed by atoms with van der Waals surface area (Å²) >= 11 is 0. The molecule has 0 unspecified atom stereocenters. The molecule has 0 radical (unpaired) electrons. The van der Waals surface area contributed by atoms with Crippen LogP contribution in [-0.2, 0) is 0 Å². The molecule has 6 nitrogen and oxygen atoms in total. The van der Waals surface area contributed by atoms with Crippen LogP contribution in [0.3, 0.4) is 0 Å². The van der Waals surface area contributed by atoms with Crippen LogP contribution >= 0.6 is 0 Å². The monoisotopic (exact) mass is 419 g/mol. The number of oxazole rings is 1. The minimum Gasteiger partial charge on any atom is -0.496 e. The first-order valence-corrected chi connectivity index (χ1v) is 9.86. The molecule has 0 spiro atoms. The number of aryl methyl sites for hydroxylation is 2. The average Bonchev–Trinajstić information content (AvgIpc) is 3.20. The first kappa shape index (κ1) is 20.6. The second-order valence-corrected chi connectivity index (χ2v) is 7.23. The van der Waals surface area contributed by atoms with Crippen molar-refractivity contribution in [1.29, 1.82) is 0 Å². The quantitative estimate of drug-likeness (QED) is 0.393. The van der Waals surface area contributed by atoms with Gasteiger partial charge in [0, 0.05) is 0 Å². The third-order valence-electron chi connectivity index (χ3n) is 5.32. The molecule has 0 aliphatic carbocycles. The molecule has 0 N–H and O–H groups in total. The molecule has 0 saturated heterocycles. The topological polar surface area (TPSA) is 63.0 Å². The van der Waals surface area contributed by atoms with Crippen molar-refractivity contribution in [3.8, 4) is 45.6 Å². The Morgan fingerprint density at radius 3 is 1.97 bits per heavy atom.